The lowest BCUT2D eigenvalue weighted by molar-refractivity contribution is -0.139. The minimum atomic E-state index is -4.49. The van der Waals surface area contributed by atoms with E-state index in [1.165, 1.54) is 18.2 Å². The molecule has 7 heteroatoms. The molecule has 0 unspecified atom stereocenters. The summed E-state index contributed by atoms with van der Waals surface area (Å²) >= 11 is 0. The number of aliphatic hydroxyl groups is 1. The number of benzene rings is 1. The molecule has 0 aliphatic rings. The normalized spacial score (nSPS) is 13.0. The van der Waals surface area contributed by atoms with Crippen molar-refractivity contribution < 1.29 is 23.0 Å². The van der Waals surface area contributed by atoms with E-state index in [-0.39, 0.29) is 18.9 Å². The molecule has 0 spiro atoms. The van der Waals surface area contributed by atoms with E-state index >= 15 is 0 Å². The molecule has 0 aliphatic heterocycles. The largest absolute Gasteiger partial charge is 0.490 e. The first-order valence-electron chi connectivity index (χ1n) is 6.37. The summed E-state index contributed by atoms with van der Waals surface area (Å²) < 4.78 is 43.3. The average Bonchev–Trinajstić information content (AvgIpc) is 2.42. The quantitative estimate of drug-likeness (QED) is 0.839. The minimum Gasteiger partial charge on any atom is -0.490 e. The van der Waals surface area contributed by atoms with E-state index in [0.717, 1.165) is 6.07 Å². The Balaban J connectivity index is 2.54. The van der Waals surface area contributed by atoms with Crippen molar-refractivity contribution in [1.29, 1.82) is 5.26 Å². The Morgan fingerprint density at radius 1 is 1.38 bits per heavy atom. The van der Waals surface area contributed by atoms with Crippen LogP contribution in [0, 0.1) is 11.3 Å². The first-order chi connectivity index (χ1) is 9.84. The second-order valence-corrected chi connectivity index (χ2v) is 4.63. The van der Waals surface area contributed by atoms with Gasteiger partial charge >= 0.3 is 6.18 Å². The van der Waals surface area contributed by atoms with Crippen LogP contribution in [0.15, 0.2) is 24.3 Å². The van der Waals surface area contributed by atoms with Crippen molar-refractivity contribution in [2.24, 2.45) is 0 Å². The average molecular weight is 302 g/mol. The molecule has 0 radical (unpaired) electrons. The topological polar surface area (TPSA) is 56.5 Å². The molecule has 0 amide bonds. The molecule has 0 aliphatic carbocycles. The van der Waals surface area contributed by atoms with Crippen molar-refractivity contribution in [3.63, 3.8) is 0 Å². The third-order valence-corrected chi connectivity index (χ3v) is 2.75. The number of hydrogen-bond donors (Lipinski definition) is 1. The fraction of sp³-hybridized carbons (Fsp3) is 0.500. The summed E-state index contributed by atoms with van der Waals surface area (Å²) in [7, 11) is 1.71. The van der Waals surface area contributed by atoms with Gasteiger partial charge in [-0.1, -0.05) is 12.1 Å². The molecule has 0 fully saturated rings. The first kappa shape index (κ1) is 17.3. The van der Waals surface area contributed by atoms with Crippen LogP contribution in [0.4, 0.5) is 13.2 Å². The second-order valence-electron chi connectivity index (χ2n) is 4.63. The van der Waals surface area contributed by atoms with Gasteiger partial charge in [-0.3, -0.25) is 0 Å². The molecule has 0 saturated heterocycles. The molecule has 1 aromatic carbocycles. The molecule has 1 aromatic rings. The van der Waals surface area contributed by atoms with Gasteiger partial charge in [0.15, 0.2) is 0 Å². The van der Waals surface area contributed by atoms with Gasteiger partial charge in [-0.05, 0) is 19.2 Å². The lowest BCUT2D eigenvalue weighted by atomic mass is 10.2. The van der Waals surface area contributed by atoms with Gasteiger partial charge in [-0.25, -0.2) is 0 Å². The summed E-state index contributed by atoms with van der Waals surface area (Å²) in [5.41, 5.74) is -0.866. The SMILES string of the molecule is CN(CCC#N)C[C@H](O)COc1ccccc1C(F)(F)F. The number of nitrogens with zero attached hydrogens (tertiary/aromatic N) is 2. The second kappa shape index (κ2) is 7.86. The van der Waals surface area contributed by atoms with Gasteiger partial charge in [0.2, 0.25) is 0 Å². The van der Waals surface area contributed by atoms with Crippen molar-refractivity contribution in [3.8, 4) is 11.8 Å². The molecular formula is C14H17F3N2O2. The molecule has 0 saturated carbocycles. The molecule has 1 N–H and O–H groups in total. The maximum absolute atomic E-state index is 12.7. The Bertz CT molecular complexity index is 486. The number of alkyl halides is 3. The van der Waals surface area contributed by atoms with E-state index in [2.05, 4.69) is 0 Å². The van der Waals surface area contributed by atoms with Gasteiger partial charge < -0.3 is 14.7 Å². The van der Waals surface area contributed by atoms with E-state index in [1.54, 1.807) is 11.9 Å². The van der Waals surface area contributed by atoms with E-state index in [9.17, 15) is 18.3 Å². The van der Waals surface area contributed by atoms with Gasteiger partial charge in [-0.15, -0.1) is 0 Å². The summed E-state index contributed by atoms with van der Waals surface area (Å²) in [6.07, 6.45) is -5.11. The van der Waals surface area contributed by atoms with Crippen LogP contribution >= 0.6 is 0 Å². The molecule has 4 nitrogen and oxygen atoms in total. The van der Waals surface area contributed by atoms with Gasteiger partial charge in [0, 0.05) is 19.5 Å². The smallest absolute Gasteiger partial charge is 0.419 e. The monoisotopic (exact) mass is 302 g/mol. The van der Waals surface area contributed by atoms with Gasteiger partial charge in [0.25, 0.3) is 0 Å². The van der Waals surface area contributed by atoms with E-state index in [4.69, 9.17) is 10.00 Å². The van der Waals surface area contributed by atoms with Crippen LogP contribution in [0.5, 0.6) is 5.75 Å². The lowest BCUT2D eigenvalue weighted by Gasteiger charge is -2.20. The minimum absolute atomic E-state index is 0.218. The van der Waals surface area contributed by atoms with Crippen LogP contribution in [0.2, 0.25) is 0 Å². The van der Waals surface area contributed by atoms with Gasteiger partial charge in [0.1, 0.15) is 18.5 Å². The summed E-state index contributed by atoms with van der Waals surface area (Å²) in [4.78, 5) is 1.72. The number of ether oxygens (including phenoxy) is 1. The van der Waals surface area contributed by atoms with Crippen LogP contribution in [-0.2, 0) is 6.18 Å². The number of para-hydroxylation sites is 1. The van der Waals surface area contributed by atoms with Crippen LogP contribution in [0.1, 0.15) is 12.0 Å². The fourth-order valence-corrected chi connectivity index (χ4v) is 1.76. The Hall–Kier alpha value is -1.78. The molecular weight excluding hydrogens is 285 g/mol. The molecule has 1 atom stereocenters. The highest BCUT2D eigenvalue weighted by atomic mass is 19.4. The number of halogens is 3. The molecule has 0 bridgehead atoms. The highest BCUT2D eigenvalue weighted by Crippen LogP contribution is 2.35. The number of likely N-dealkylation sites (N-methyl/N-ethyl adjacent to an activating group) is 1. The van der Waals surface area contributed by atoms with Crippen molar-refractivity contribution in [2.45, 2.75) is 18.7 Å². The zero-order chi connectivity index (χ0) is 15.9. The maximum atomic E-state index is 12.7. The van der Waals surface area contributed by atoms with Crippen molar-refractivity contribution >= 4 is 0 Å². The number of aliphatic hydroxyl groups excluding tert-OH is 1. The number of hydrogen-bond acceptors (Lipinski definition) is 4. The summed E-state index contributed by atoms with van der Waals surface area (Å²) in [5.74, 6) is -0.302. The Morgan fingerprint density at radius 2 is 2.05 bits per heavy atom. The standard InChI is InChI=1S/C14H17F3N2O2/c1-19(8-4-7-18)9-11(20)10-21-13-6-3-2-5-12(13)14(15,16)17/h2-3,5-6,11,20H,4,8-10H2,1H3/t11-/m0/s1. The zero-order valence-corrected chi connectivity index (χ0v) is 11.6. The third-order valence-electron chi connectivity index (χ3n) is 2.75. The van der Waals surface area contributed by atoms with Crippen molar-refractivity contribution in [1.82, 2.24) is 4.90 Å². The Labute approximate surface area is 121 Å². The first-order valence-corrected chi connectivity index (χ1v) is 6.37. The van der Waals surface area contributed by atoms with Crippen LogP contribution in [0.25, 0.3) is 0 Å². The fourth-order valence-electron chi connectivity index (χ4n) is 1.76. The van der Waals surface area contributed by atoms with E-state index in [1.807, 2.05) is 6.07 Å². The van der Waals surface area contributed by atoms with Crippen molar-refractivity contribution in [3.05, 3.63) is 29.8 Å². The molecule has 21 heavy (non-hydrogen) atoms. The zero-order valence-electron chi connectivity index (χ0n) is 11.6. The summed E-state index contributed by atoms with van der Waals surface area (Å²) in [6.45, 7) is 0.451. The highest BCUT2D eigenvalue weighted by molar-refractivity contribution is 5.35. The van der Waals surface area contributed by atoms with Crippen LogP contribution < -0.4 is 4.74 Å². The van der Waals surface area contributed by atoms with Crippen LogP contribution in [-0.4, -0.2) is 42.9 Å². The number of nitriles is 1. The summed E-state index contributed by atoms with van der Waals surface area (Å²) in [5, 5.41) is 18.2. The predicted octanol–water partition coefficient (Wildman–Crippen LogP) is 2.29. The predicted molar refractivity (Wildman–Crippen MR) is 70.7 cm³/mol. The van der Waals surface area contributed by atoms with Gasteiger partial charge in [0.05, 0.1) is 11.6 Å². The lowest BCUT2D eigenvalue weighted by Crippen LogP contribution is -2.33. The number of rotatable bonds is 7. The van der Waals surface area contributed by atoms with Gasteiger partial charge in [-0.2, -0.15) is 18.4 Å². The van der Waals surface area contributed by atoms with E-state index in [0.29, 0.717) is 13.0 Å². The Morgan fingerprint density at radius 3 is 2.67 bits per heavy atom. The van der Waals surface area contributed by atoms with Crippen LogP contribution in [0.3, 0.4) is 0 Å². The molecule has 116 valence electrons. The van der Waals surface area contributed by atoms with E-state index < -0.39 is 17.8 Å². The third kappa shape index (κ3) is 6.02. The van der Waals surface area contributed by atoms with Crippen molar-refractivity contribution in [2.75, 3.05) is 26.7 Å². The summed E-state index contributed by atoms with van der Waals surface area (Å²) in [6, 6.07) is 6.84. The Kier molecular flexibility index (Phi) is 6.46. The molecule has 0 aromatic heterocycles. The molecule has 1 rings (SSSR count). The maximum Gasteiger partial charge on any atom is 0.419 e. The highest BCUT2D eigenvalue weighted by Gasteiger charge is 2.34. The molecule has 0 heterocycles.